The van der Waals surface area contributed by atoms with Crippen molar-refractivity contribution in [1.29, 1.82) is 0 Å². The van der Waals surface area contributed by atoms with Crippen LogP contribution < -0.4 is 10.1 Å². The minimum absolute atomic E-state index is 0.00470. The summed E-state index contributed by atoms with van der Waals surface area (Å²) in [6.07, 6.45) is 3.27. The van der Waals surface area contributed by atoms with Gasteiger partial charge in [-0.3, -0.25) is 9.59 Å². The Morgan fingerprint density at radius 2 is 1.69 bits per heavy atom. The molecule has 1 N–H and O–H groups in total. The molecule has 1 aliphatic heterocycles. The van der Waals surface area contributed by atoms with Gasteiger partial charge in [-0.2, -0.15) is 0 Å². The quantitative estimate of drug-likeness (QED) is 0.745. The second kappa shape index (κ2) is 10.6. The second-order valence-corrected chi connectivity index (χ2v) is 7.62. The molecule has 5 heteroatoms. The lowest BCUT2D eigenvalue weighted by atomic mass is 10.0. The van der Waals surface area contributed by atoms with E-state index >= 15 is 0 Å². The van der Waals surface area contributed by atoms with E-state index in [1.165, 1.54) is 11.1 Å². The van der Waals surface area contributed by atoms with Crippen molar-refractivity contribution in [2.45, 2.75) is 45.1 Å². The third kappa shape index (κ3) is 6.93. The number of benzene rings is 2. The van der Waals surface area contributed by atoms with Crippen LogP contribution in [0.25, 0.3) is 0 Å². The first-order valence-electron chi connectivity index (χ1n) is 10.4. The van der Waals surface area contributed by atoms with Crippen LogP contribution in [-0.2, 0) is 16.0 Å². The Labute approximate surface area is 173 Å². The fourth-order valence-electron chi connectivity index (χ4n) is 3.52. The Balaban J connectivity index is 1.31. The lowest BCUT2D eigenvalue weighted by molar-refractivity contribution is -0.132. The van der Waals surface area contributed by atoms with Gasteiger partial charge in [0.15, 0.2) is 0 Å². The first-order chi connectivity index (χ1) is 14.1. The zero-order valence-electron chi connectivity index (χ0n) is 17.1. The minimum atomic E-state index is 0.00470. The summed E-state index contributed by atoms with van der Waals surface area (Å²) in [5.41, 5.74) is 2.43. The average Bonchev–Trinajstić information content (AvgIpc) is 2.74. The van der Waals surface area contributed by atoms with E-state index in [9.17, 15) is 9.59 Å². The molecule has 1 heterocycles. The van der Waals surface area contributed by atoms with Crippen molar-refractivity contribution in [2.24, 2.45) is 0 Å². The summed E-state index contributed by atoms with van der Waals surface area (Å²) in [7, 11) is 0. The van der Waals surface area contributed by atoms with Gasteiger partial charge in [-0.05, 0) is 43.9 Å². The van der Waals surface area contributed by atoms with Crippen LogP contribution in [0.1, 0.15) is 36.8 Å². The number of carbonyl (C=O) groups is 2. The Hall–Kier alpha value is -2.82. The summed E-state index contributed by atoms with van der Waals surface area (Å²) >= 11 is 0. The third-order valence-corrected chi connectivity index (χ3v) is 5.30. The van der Waals surface area contributed by atoms with Gasteiger partial charge in [0.2, 0.25) is 11.8 Å². The zero-order chi connectivity index (χ0) is 20.5. The molecule has 0 unspecified atom stereocenters. The van der Waals surface area contributed by atoms with Crippen molar-refractivity contribution in [2.75, 3.05) is 19.7 Å². The predicted molar refractivity (Wildman–Crippen MR) is 114 cm³/mol. The highest BCUT2D eigenvalue weighted by Crippen LogP contribution is 2.14. The smallest absolute Gasteiger partial charge is 0.223 e. The number of carbonyl (C=O) groups excluding carboxylic acids is 2. The van der Waals surface area contributed by atoms with E-state index < -0.39 is 0 Å². The molecule has 0 radical (unpaired) electrons. The highest BCUT2D eigenvalue weighted by molar-refractivity contribution is 5.77. The first kappa shape index (κ1) is 20.9. The van der Waals surface area contributed by atoms with Crippen molar-refractivity contribution in [3.8, 4) is 5.75 Å². The molecule has 1 fully saturated rings. The largest absolute Gasteiger partial charge is 0.493 e. The van der Waals surface area contributed by atoms with Crippen LogP contribution >= 0.6 is 0 Å². The lowest BCUT2D eigenvalue weighted by Crippen LogP contribution is -2.46. The number of para-hydroxylation sites is 1. The SMILES string of the molecule is Cc1ccc(CCC(=O)N2CCC(NC(=O)CCOc3ccccc3)CC2)cc1. The molecule has 0 spiro atoms. The van der Waals surface area contributed by atoms with Crippen LogP contribution in [0.5, 0.6) is 5.75 Å². The van der Waals surface area contributed by atoms with Crippen molar-refractivity contribution in [3.63, 3.8) is 0 Å². The van der Waals surface area contributed by atoms with Crippen LogP contribution in [0, 0.1) is 6.92 Å². The molecule has 1 aliphatic rings. The summed E-state index contributed by atoms with van der Waals surface area (Å²) in [6.45, 7) is 3.84. The zero-order valence-corrected chi connectivity index (χ0v) is 17.1. The first-order valence-corrected chi connectivity index (χ1v) is 10.4. The van der Waals surface area contributed by atoms with E-state index in [2.05, 4.69) is 36.5 Å². The highest BCUT2D eigenvalue weighted by atomic mass is 16.5. The molecule has 0 aromatic heterocycles. The normalized spacial score (nSPS) is 14.4. The molecule has 0 aliphatic carbocycles. The Morgan fingerprint density at radius 3 is 2.38 bits per heavy atom. The van der Waals surface area contributed by atoms with Crippen LogP contribution in [0.3, 0.4) is 0 Å². The third-order valence-electron chi connectivity index (χ3n) is 5.30. The van der Waals surface area contributed by atoms with Crippen molar-refractivity contribution < 1.29 is 14.3 Å². The number of rotatable bonds is 8. The van der Waals surface area contributed by atoms with Crippen molar-refractivity contribution >= 4 is 11.8 Å². The summed E-state index contributed by atoms with van der Waals surface area (Å²) in [5, 5.41) is 3.07. The van der Waals surface area contributed by atoms with Crippen LogP contribution in [0.15, 0.2) is 54.6 Å². The molecule has 0 atom stereocenters. The number of aryl methyl sites for hydroxylation is 2. The molecule has 3 rings (SSSR count). The van der Waals surface area contributed by atoms with Crippen LogP contribution in [-0.4, -0.2) is 42.5 Å². The summed E-state index contributed by atoms with van der Waals surface area (Å²) < 4.78 is 5.57. The predicted octanol–water partition coefficient (Wildman–Crippen LogP) is 3.50. The Kier molecular flexibility index (Phi) is 7.68. The van der Waals surface area contributed by atoms with Gasteiger partial charge < -0.3 is 15.0 Å². The van der Waals surface area contributed by atoms with Crippen molar-refractivity contribution in [3.05, 3.63) is 65.7 Å². The number of nitrogens with one attached hydrogen (secondary N) is 1. The standard InChI is InChI=1S/C24H30N2O3/c1-19-7-9-20(10-8-19)11-12-24(28)26-16-13-21(14-17-26)25-23(27)15-18-29-22-5-3-2-4-6-22/h2-10,21H,11-18H2,1H3,(H,25,27). The summed E-state index contributed by atoms with van der Waals surface area (Å²) in [4.78, 5) is 26.5. The van der Waals surface area contributed by atoms with Gasteiger partial charge in [0, 0.05) is 25.6 Å². The van der Waals surface area contributed by atoms with E-state index in [-0.39, 0.29) is 17.9 Å². The van der Waals surface area contributed by atoms with Gasteiger partial charge in [0.1, 0.15) is 5.75 Å². The molecule has 0 saturated carbocycles. The van der Waals surface area contributed by atoms with Gasteiger partial charge in [-0.1, -0.05) is 48.0 Å². The molecule has 1 saturated heterocycles. The number of amides is 2. The Bertz CT molecular complexity index is 782. The molecule has 154 valence electrons. The monoisotopic (exact) mass is 394 g/mol. The van der Waals surface area contributed by atoms with Crippen LogP contribution in [0.4, 0.5) is 0 Å². The van der Waals surface area contributed by atoms with Gasteiger partial charge in [-0.15, -0.1) is 0 Å². The van der Waals surface area contributed by atoms with E-state index in [4.69, 9.17) is 4.74 Å². The molecule has 5 nitrogen and oxygen atoms in total. The fraction of sp³-hybridized carbons (Fsp3) is 0.417. The van der Waals surface area contributed by atoms with E-state index in [0.717, 1.165) is 25.0 Å². The summed E-state index contributed by atoms with van der Waals surface area (Å²) in [6, 6.07) is 18.0. The average molecular weight is 395 g/mol. The molecule has 2 amide bonds. The number of nitrogens with zero attached hydrogens (tertiary/aromatic N) is 1. The van der Waals surface area contributed by atoms with E-state index in [0.29, 0.717) is 32.5 Å². The van der Waals surface area contributed by atoms with Crippen molar-refractivity contribution in [1.82, 2.24) is 10.2 Å². The van der Waals surface area contributed by atoms with E-state index in [1.807, 2.05) is 35.2 Å². The Morgan fingerprint density at radius 1 is 1.00 bits per heavy atom. The fourth-order valence-corrected chi connectivity index (χ4v) is 3.52. The lowest BCUT2D eigenvalue weighted by Gasteiger charge is -2.32. The molecule has 29 heavy (non-hydrogen) atoms. The van der Waals surface area contributed by atoms with Gasteiger partial charge in [0.05, 0.1) is 13.0 Å². The number of hydrogen-bond acceptors (Lipinski definition) is 3. The van der Waals surface area contributed by atoms with E-state index in [1.54, 1.807) is 0 Å². The number of likely N-dealkylation sites (tertiary alicyclic amines) is 1. The topological polar surface area (TPSA) is 58.6 Å². The number of ether oxygens (including phenoxy) is 1. The number of piperidine rings is 1. The molecular formula is C24H30N2O3. The van der Waals surface area contributed by atoms with Gasteiger partial charge in [0.25, 0.3) is 0 Å². The molecule has 0 bridgehead atoms. The maximum atomic E-state index is 12.5. The molecule has 2 aromatic carbocycles. The minimum Gasteiger partial charge on any atom is -0.493 e. The molecule has 2 aromatic rings. The number of hydrogen-bond donors (Lipinski definition) is 1. The van der Waals surface area contributed by atoms with Gasteiger partial charge >= 0.3 is 0 Å². The second-order valence-electron chi connectivity index (χ2n) is 7.62. The summed E-state index contributed by atoms with van der Waals surface area (Å²) in [5.74, 6) is 0.981. The highest BCUT2D eigenvalue weighted by Gasteiger charge is 2.23. The molecular weight excluding hydrogens is 364 g/mol. The maximum Gasteiger partial charge on any atom is 0.223 e. The van der Waals surface area contributed by atoms with Gasteiger partial charge in [-0.25, -0.2) is 0 Å². The maximum absolute atomic E-state index is 12.5. The van der Waals surface area contributed by atoms with Crippen LogP contribution in [0.2, 0.25) is 0 Å².